The summed E-state index contributed by atoms with van der Waals surface area (Å²) in [4.78, 5) is 0. The second-order valence-electron chi connectivity index (χ2n) is 3.25. The van der Waals surface area contributed by atoms with Crippen LogP contribution in [0.25, 0.3) is 11.3 Å². The second-order valence-corrected chi connectivity index (χ2v) is 3.25. The summed E-state index contributed by atoms with van der Waals surface area (Å²) in [5.74, 6) is 0.211. The molecule has 0 unspecified atom stereocenters. The summed E-state index contributed by atoms with van der Waals surface area (Å²) >= 11 is 0. The van der Waals surface area contributed by atoms with E-state index in [1.807, 2.05) is 31.2 Å². The number of aryl methyl sites for hydroxylation is 1. The monoisotopic (exact) mass is 201 g/mol. The van der Waals surface area contributed by atoms with E-state index < -0.39 is 0 Å². The van der Waals surface area contributed by atoms with E-state index in [9.17, 15) is 0 Å². The molecule has 0 spiro atoms. The first-order valence-electron chi connectivity index (χ1n) is 4.50. The lowest BCUT2D eigenvalue weighted by atomic mass is 10.0. The highest BCUT2D eigenvalue weighted by molar-refractivity contribution is 5.80. The van der Waals surface area contributed by atoms with Gasteiger partial charge in [0.15, 0.2) is 5.82 Å². The molecule has 1 aromatic carbocycles. The number of nitrogen functional groups attached to an aromatic ring is 2. The SMILES string of the molecule is Cc1ccccc1-c1nnnc(N)c1N. The van der Waals surface area contributed by atoms with Gasteiger partial charge in [0.2, 0.25) is 0 Å². The normalized spacial score (nSPS) is 10.2. The maximum Gasteiger partial charge on any atom is 0.173 e. The fourth-order valence-corrected chi connectivity index (χ4v) is 1.38. The van der Waals surface area contributed by atoms with Crippen molar-refractivity contribution in [1.29, 1.82) is 0 Å². The van der Waals surface area contributed by atoms with Crippen LogP contribution in [0.3, 0.4) is 0 Å². The Morgan fingerprint density at radius 2 is 1.80 bits per heavy atom. The Kier molecular flexibility index (Phi) is 2.21. The van der Waals surface area contributed by atoms with E-state index in [0.717, 1.165) is 11.1 Å². The predicted molar refractivity (Wildman–Crippen MR) is 58.8 cm³/mol. The van der Waals surface area contributed by atoms with Crippen molar-refractivity contribution in [3.63, 3.8) is 0 Å². The van der Waals surface area contributed by atoms with Crippen molar-refractivity contribution in [3.8, 4) is 11.3 Å². The van der Waals surface area contributed by atoms with Gasteiger partial charge in [0.05, 0.1) is 0 Å². The fourth-order valence-electron chi connectivity index (χ4n) is 1.38. The number of benzene rings is 1. The zero-order chi connectivity index (χ0) is 10.8. The molecule has 0 saturated carbocycles. The molecule has 2 rings (SSSR count). The number of anilines is 2. The Bertz CT molecular complexity index is 495. The van der Waals surface area contributed by atoms with E-state index in [1.165, 1.54) is 0 Å². The van der Waals surface area contributed by atoms with Gasteiger partial charge in [-0.1, -0.05) is 24.3 Å². The summed E-state index contributed by atoms with van der Waals surface area (Å²) in [6.45, 7) is 1.98. The van der Waals surface area contributed by atoms with Gasteiger partial charge >= 0.3 is 0 Å². The zero-order valence-corrected chi connectivity index (χ0v) is 8.31. The lowest BCUT2D eigenvalue weighted by Gasteiger charge is -2.07. The molecule has 2 aromatic rings. The third-order valence-electron chi connectivity index (χ3n) is 2.23. The molecule has 4 N–H and O–H groups in total. The third kappa shape index (κ3) is 1.59. The van der Waals surface area contributed by atoms with Crippen LogP contribution >= 0.6 is 0 Å². The molecule has 0 radical (unpaired) electrons. The van der Waals surface area contributed by atoms with Crippen molar-refractivity contribution < 1.29 is 0 Å². The second kappa shape index (κ2) is 3.53. The molecule has 0 fully saturated rings. The molecule has 15 heavy (non-hydrogen) atoms. The highest BCUT2D eigenvalue weighted by Crippen LogP contribution is 2.27. The Morgan fingerprint density at radius 1 is 1.07 bits per heavy atom. The molecule has 0 saturated heterocycles. The molecule has 0 aliphatic rings. The van der Waals surface area contributed by atoms with Gasteiger partial charge in [-0.25, -0.2) is 0 Å². The predicted octanol–water partition coefficient (Wildman–Crippen LogP) is 1.01. The third-order valence-corrected chi connectivity index (χ3v) is 2.23. The average Bonchev–Trinajstić information content (AvgIpc) is 2.23. The number of nitrogens with two attached hydrogens (primary N) is 2. The van der Waals surface area contributed by atoms with Gasteiger partial charge in [-0.2, -0.15) is 0 Å². The van der Waals surface area contributed by atoms with Crippen LogP contribution < -0.4 is 11.5 Å². The minimum absolute atomic E-state index is 0.211. The summed E-state index contributed by atoms with van der Waals surface area (Å²) < 4.78 is 0. The number of nitrogens with zero attached hydrogens (tertiary/aromatic N) is 3. The van der Waals surface area contributed by atoms with Crippen LogP contribution in [0.5, 0.6) is 0 Å². The average molecular weight is 201 g/mol. The van der Waals surface area contributed by atoms with E-state index >= 15 is 0 Å². The van der Waals surface area contributed by atoms with Gasteiger partial charge in [0, 0.05) is 5.56 Å². The number of hydrogen-bond acceptors (Lipinski definition) is 5. The molecule has 1 heterocycles. The van der Waals surface area contributed by atoms with E-state index in [-0.39, 0.29) is 5.82 Å². The number of rotatable bonds is 1. The summed E-state index contributed by atoms with van der Waals surface area (Å²) in [6.07, 6.45) is 0. The molecule has 1 aromatic heterocycles. The quantitative estimate of drug-likeness (QED) is 0.718. The summed E-state index contributed by atoms with van der Waals surface area (Å²) in [7, 11) is 0. The first kappa shape index (κ1) is 9.39. The van der Waals surface area contributed by atoms with Crippen LogP contribution in [0, 0.1) is 6.92 Å². The first-order chi connectivity index (χ1) is 7.20. The van der Waals surface area contributed by atoms with Crippen molar-refractivity contribution in [2.24, 2.45) is 0 Å². The van der Waals surface area contributed by atoms with E-state index in [4.69, 9.17) is 11.5 Å². The van der Waals surface area contributed by atoms with Gasteiger partial charge in [-0.05, 0) is 17.7 Å². The molecule has 0 bridgehead atoms. The van der Waals surface area contributed by atoms with Crippen LogP contribution in [0.2, 0.25) is 0 Å². The number of hydrogen-bond donors (Lipinski definition) is 2. The van der Waals surface area contributed by atoms with Gasteiger partial charge < -0.3 is 11.5 Å². The molecular formula is C10H11N5. The first-order valence-corrected chi connectivity index (χ1v) is 4.50. The Labute approximate surface area is 87.1 Å². The topological polar surface area (TPSA) is 90.7 Å². The van der Waals surface area contributed by atoms with Gasteiger partial charge in [0.25, 0.3) is 0 Å². The van der Waals surface area contributed by atoms with Gasteiger partial charge in [-0.3, -0.25) is 0 Å². The van der Waals surface area contributed by atoms with Crippen molar-refractivity contribution in [2.75, 3.05) is 11.5 Å². The molecule has 0 aliphatic heterocycles. The zero-order valence-electron chi connectivity index (χ0n) is 8.31. The highest BCUT2D eigenvalue weighted by Gasteiger charge is 2.10. The molecular weight excluding hydrogens is 190 g/mol. The van der Waals surface area contributed by atoms with Crippen LogP contribution in [0.4, 0.5) is 11.5 Å². The van der Waals surface area contributed by atoms with E-state index in [1.54, 1.807) is 0 Å². The van der Waals surface area contributed by atoms with Crippen LogP contribution in [-0.4, -0.2) is 15.4 Å². The van der Waals surface area contributed by atoms with Crippen LogP contribution in [0.15, 0.2) is 24.3 Å². The Balaban J connectivity index is 2.65. The highest BCUT2D eigenvalue weighted by atomic mass is 15.3. The van der Waals surface area contributed by atoms with Crippen molar-refractivity contribution in [2.45, 2.75) is 6.92 Å². The van der Waals surface area contributed by atoms with Crippen LogP contribution in [0.1, 0.15) is 5.56 Å². The lowest BCUT2D eigenvalue weighted by molar-refractivity contribution is 0.881. The van der Waals surface area contributed by atoms with E-state index in [0.29, 0.717) is 11.4 Å². The molecule has 76 valence electrons. The van der Waals surface area contributed by atoms with Crippen molar-refractivity contribution in [3.05, 3.63) is 29.8 Å². The fraction of sp³-hybridized carbons (Fsp3) is 0.100. The van der Waals surface area contributed by atoms with Crippen LogP contribution in [-0.2, 0) is 0 Å². The molecule has 5 nitrogen and oxygen atoms in total. The largest absolute Gasteiger partial charge is 0.394 e. The smallest absolute Gasteiger partial charge is 0.173 e. The minimum atomic E-state index is 0.211. The maximum atomic E-state index is 5.79. The number of aromatic nitrogens is 3. The molecule has 0 atom stereocenters. The summed E-state index contributed by atoms with van der Waals surface area (Å²) in [5.41, 5.74) is 14.3. The van der Waals surface area contributed by atoms with Gasteiger partial charge in [-0.15, -0.1) is 10.2 Å². The Hall–Kier alpha value is -2.17. The van der Waals surface area contributed by atoms with E-state index in [2.05, 4.69) is 15.4 Å². The minimum Gasteiger partial charge on any atom is -0.394 e. The maximum absolute atomic E-state index is 5.79. The van der Waals surface area contributed by atoms with Crippen molar-refractivity contribution in [1.82, 2.24) is 15.4 Å². The molecule has 0 aliphatic carbocycles. The van der Waals surface area contributed by atoms with Crippen molar-refractivity contribution >= 4 is 11.5 Å². The van der Waals surface area contributed by atoms with Gasteiger partial charge in [0.1, 0.15) is 11.4 Å². The summed E-state index contributed by atoms with van der Waals surface area (Å²) in [6, 6.07) is 7.77. The molecule has 5 heteroatoms. The summed E-state index contributed by atoms with van der Waals surface area (Å²) in [5, 5.41) is 11.0. The standard InChI is InChI=1S/C10H11N5/c1-6-4-2-3-5-7(6)9-8(11)10(12)14-15-13-9/h2-5H,1H3,(H2,11,15)(H2,12,13,14). The Morgan fingerprint density at radius 3 is 2.53 bits per heavy atom. The molecule has 0 amide bonds. The lowest BCUT2D eigenvalue weighted by Crippen LogP contribution is -2.05.